The van der Waals surface area contributed by atoms with Gasteiger partial charge in [0.05, 0.1) is 11.4 Å². The van der Waals surface area contributed by atoms with Crippen LogP contribution < -0.4 is 14.5 Å². The summed E-state index contributed by atoms with van der Waals surface area (Å²) in [6.07, 6.45) is 6.31. The number of hydrogen-bond acceptors (Lipinski definition) is 4. The number of benzene rings is 3. The van der Waals surface area contributed by atoms with Gasteiger partial charge >= 0.3 is 5.97 Å². The van der Waals surface area contributed by atoms with Crippen molar-refractivity contribution in [3.05, 3.63) is 89.6 Å². The number of allylic oxidation sites excluding steroid dienone is 2. The van der Waals surface area contributed by atoms with Gasteiger partial charge in [-0.05, 0) is 53.8 Å². The van der Waals surface area contributed by atoms with E-state index in [1.165, 1.54) is 4.90 Å². The fraction of sp³-hybridized carbons (Fsp3) is 0.241. The first-order valence-corrected chi connectivity index (χ1v) is 12.0. The lowest BCUT2D eigenvalue weighted by atomic mass is 10.00. The Bertz CT molecular complexity index is 1350. The van der Waals surface area contributed by atoms with Crippen molar-refractivity contribution in [1.29, 1.82) is 0 Å². The highest BCUT2D eigenvalue weighted by atomic mass is 16.5. The molecular formula is C29H28N2O4. The van der Waals surface area contributed by atoms with Crippen LogP contribution in [0.2, 0.25) is 0 Å². The fourth-order valence-electron chi connectivity index (χ4n) is 4.90. The summed E-state index contributed by atoms with van der Waals surface area (Å²) in [4.78, 5) is 28.8. The number of nitrogens with zero attached hydrogens (tertiary/aromatic N) is 2. The van der Waals surface area contributed by atoms with Gasteiger partial charge in [-0.25, -0.2) is 0 Å². The average molecular weight is 469 g/mol. The van der Waals surface area contributed by atoms with Gasteiger partial charge in [0.1, 0.15) is 18.9 Å². The topological polar surface area (TPSA) is 70.1 Å². The Morgan fingerprint density at radius 3 is 2.69 bits per heavy atom. The maximum absolute atomic E-state index is 13.6. The van der Waals surface area contributed by atoms with Crippen LogP contribution in [0.25, 0.3) is 10.8 Å². The first-order valence-electron chi connectivity index (χ1n) is 12.0. The molecule has 1 amide bonds. The Morgan fingerprint density at radius 1 is 1.03 bits per heavy atom. The van der Waals surface area contributed by atoms with Crippen molar-refractivity contribution in [3.8, 4) is 5.75 Å². The normalized spacial score (nSPS) is 15.2. The first-order chi connectivity index (χ1) is 17.1. The number of amides is 1. The van der Waals surface area contributed by atoms with Crippen molar-refractivity contribution in [2.75, 3.05) is 22.9 Å². The van der Waals surface area contributed by atoms with Crippen LogP contribution in [-0.2, 0) is 16.2 Å². The molecule has 1 aliphatic heterocycles. The largest absolute Gasteiger partial charge is 0.489 e. The Morgan fingerprint density at radius 2 is 1.86 bits per heavy atom. The van der Waals surface area contributed by atoms with Crippen LogP contribution in [0.3, 0.4) is 0 Å². The lowest BCUT2D eigenvalue weighted by Gasteiger charge is -2.28. The van der Waals surface area contributed by atoms with Gasteiger partial charge in [-0.15, -0.1) is 0 Å². The van der Waals surface area contributed by atoms with Crippen LogP contribution in [0.5, 0.6) is 5.75 Å². The number of hydrogen-bond donors (Lipinski definition) is 1. The van der Waals surface area contributed by atoms with Crippen LogP contribution in [-0.4, -0.2) is 30.1 Å². The molecule has 0 saturated carbocycles. The molecule has 1 heterocycles. The van der Waals surface area contributed by atoms with E-state index in [2.05, 4.69) is 36.1 Å². The van der Waals surface area contributed by atoms with Gasteiger partial charge in [0.2, 0.25) is 0 Å². The molecule has 35 heavy (non-hydrogen) atoms. The third kappa shape index (κ3) is 4.39. The summed E-state index contributed by atoms with van der Waals surface area (Å²) in [5, 5.41) is 11.9. The second-order valence-electron chi connectivity index (χ2n) is 8.82. The van der Waals surface area contributed by atoms with E-state index in [9.17, 15) is 14.7 Å². The van der Waals surface area contributed by atoms with E-state index in [-0.39, 0.29) is 5.91 Å². The van der Waals surface area contributed by atoms with Crippen LogP contribution in [0.15, 0.2) is 84.1 Å². The first kappa shape index (κ1) is 22.7. The van der Waals surface area contributed by atoms with Crippen molar-refractivity contribution in [2.45, 2.75) is 32.8 Å². The molecule has 3 aromatic carbocycles. The molecule has 0 aromatic heterocycles. The minimum Gasteiger partial charge on any atom is -0.489 e. The smallest absolute Gasteiger partial charge is 0.323 e. The molecule has 5 rings (SSSR count). The molecule has 6 nitrogen and oxygen atoms in total. The number of carboxylic acid groups (broad SMARTS) is 1. The Kier molecular flexibility index (Phi) is 6.27. The van der Waals surface area contributed by atoms with E-state index >= 15 is 0 Å². The van der Waals surface area contributed by atoms with Gasteiger partial charge in [0.15, 0.2) is 0 Å². The number of rotatable bonds is 7. The van der Waals surface area contributed by atoms with Gasteiger partial charge in [-0.3, -0.25) is 14.5 Å². The summed E-state index contributed by atoms with van der Waals surface area (Å²) >= 11 is 0. The molecule has 3 aromatic rings. The highest BCUT2D eigenvalue weighted by Crippen LogP contribution is 2.41. The molecular weight excluding hydrogens is 440 g/mol. The number of anilines is 2. The molecule has 0 unspecified atom stereocenters. The highest BCUT2D eigenvalue weighted by molar-refractivity contribution is 6.12. The van der Waals surface area contributed by atoms with Crippen molar-refractivity contribution >= 4 is 34.0 Å². The summed E-state index contributed by atoms with van der Waals surface area (Å²) in [5.74, 6) is -0.714. The van der Waals surface area contributed by atoms with E-state index < -0.39 is 12.5 Å². The van der Waals surface area contributed by atoms with E-state index in [0.29, 0.717) is 30.0 Å². The van der Waals surface area contributed by atoms with Crippen molar-refractivity contribution in [1.82, 2.24) is 0 Å². The van der Waals surface area contributed by atoms with Gasteiger partial charge < -0.3 is 14.7 Å². The molecule has 0 atom stereocenters. The summed E-state index contributed by atoms with van der Waals surface area (Å²) in [7, 11) is 0. The number of carbonyl (C=O) groups excluding carboxylic acids is 1. The second kappa shape index (κ2) is 9.66. The summed E-state index contributed by atoms with van der Waals surface area (Å²) in [6.45, 7) is 2.78. The SMILES string of the molecule is CCCN1C2=C(CCC=C2)C(=O)N(CC(=O)O)c2cc(OCc3cccc4ccccc34)ccc21. The second-order valence-corrected chi connectivity index (χ2v) is 8.82. The maximum atomic E-state index is 13.6. The third-order valence-corrected chi connectivity index (χ3v) is 6.48. The Labute approximate surface area is 204 Å². The summed E-state index contributed by atoms with van der Waals surface area (Å²) in [6, 6.07) is 19.9. The van der Waals surface area contributed by atoms with Crippen molar-refractivity contribution in [3.63, 3.8) is 0 Å². The standard InChI is InChI=1S/C29H28N2O4/c1-2-16-30-25-13-6-5-12-24(25)29(34)31(18-28(32)33)27-17-22(14-15-26(27)30)35-19-21-10-7-9-20-8-3-4-11-23(20)21/h3-4,6-11,13-15,17H,2,5,12,16,18-19H2,1H3,(H,32,33). The summed E-state index contributed by atoms with van der Waals surface area (Å²) < 4.78 is 6.18. The fourth-order valence-corrected chi connectivity index (χ4v) is 4.90. The van der Waals surface area contributed by atoms with Crippen molar-refractivity contribution < 1.29 is 19.4 Å². The minimum atomic E-state index is -1.05. The molecule has 0 bridgehead atoms. The minimum absolute atomic E-state index is 0.252. The molecule has 0 fully saturated rings. The maximum Gasteiger partial charge on any atom is 0.323 e. The van der Waals surface area contributed by atoms with Crippen LogP contribution in [0.1, 0.15) is 31.7 Å². The van der Waals surface area contributed by atoms with E-state index in [1.54, 1.807) is 6.07 Å². The molecule has 1 N–H and O–H groups in total. The number of ether oxygens (including phenoxy) is 1. The Balaban J connectivity index is 1.53. The van der Waals surface area contributed by atoms with Crippen LogP contribution in [0, 0.1) is 0 Å². The molecule has 0 radical (unpaired) electrons. The lowest BCUT2D eigenvalue weighted by Crippen LogP contribution is -2.36. The molecule has 2 aliphatic rings. The Hall–Kier alpha value is -4.06. The van der Waals surface area contributed by atoms with Crippen LogP contribution >= 0.6 is 0 Å². The zero-order chi connectivity index (χ0) is 24.4. The van der Waals surface area contributed by atoms with E-state index in [4.69, 9.17) is 4.74 Å². The molecule has 1 aliphatic carbocycles. The predicted molar refractivity (Wildman–Crippen MR) is 138 cm³/mol. The summed E-state index contributed by atoms with van der Waals surface area (Å²) in [5.41, 5.74) is 3.96. The number of carboxylic acids is 1. The van der Waals surface area contributed by atoms with E-state index in [1.807, 2.05) is 42.5 Å². The predicted octanol–water partition coefficient (Wildman–Crippen LogP) is 5.67. The molecule has 6 heteroatoms. The zero-order valence-electron chi connectivity index (χ0n) is 19.7. The van der Waals surface area contributed by atoms with Gasteiger partial charge in [-0.2, -0.15) is 0 Å². The number of aliphatic carboxylic acids is 1. The van der Waals surface area contributed by atoms with Crippen LogP contribution in [0.4, 0.5) is 11.4 Å². The molecule has 0 saturated heterocycles. The average Bonchev–Trinajstić information content (AvgIpc) is 2.97. The van der Waals surface area contributed by atoms with E-state index in [0.717, 1.165) is 47.1 Å². The number of carbonyl (C=O) groups is 2. The third-order valence-electron chi connectivity index (χ3n) is 6.48. The quantitative estimate of drug-likeness (QED) is 0.484. The monoisotopic (exact) mass is 468 g/mol. The zero-order valence-corrected chi connectivity index (χ0v) is 19.7. The van der Waals surface area contributed by atoms with Gasteiger partial charge in [0.25, 0.3) is 5.91 Å². The number of fused-ring (bicyclic) bond motifs is 2. The highest BCUT2D eigenvalue weighted by Gasteiger charge is 2.34. The van der Waals surface area contributed by atoms with Gasteiger partial charge in [0, 0.05) is 23.9 Å². The lowest BCUT2D eigenvalue weighted by molar-refractivity contribution is -0.136. The molecule has 0 spiro atoms. The van der Waals surface area contributed by atoms with Crippen molar-refractivity contribution in [2.24, 2.45) is 0 Å². The van der Waals surface area contributed by atoms with Gasteiger partial charge in [-0.1, -0.05) is 55.5 Å². The molecule has 178 valence electrons.